The van der Waals surface area contributed by atoms with E-state index >= 15 is 0 Å². The van der Waals surface area contributed by atoms with E-state index in [4.69, 9.17) is 5.73 Å². The van der Waals surface area contributed by atoms with Crippen molar-refractivity contribution in [1.82, 2.24) is 0 Å². The molecule has 1 atom stereocenters. The third-order valence-electron chi connectivity index (χ3n) is 3.41. The van der Waals surface area contributed by atoms with Crippen molar-refractivity contribution in [3.8, 4) is 0 Å². The van der Waals surface area contributed by atoms with Gasteiger partial charge < -0.3 is 5.73 Å². The Labute approximate surface area is 106 Å². The topological polar surface area (TPSA) is 26.0 Å². The van der Waals surface area contributed by atoms with Crippen LogP contribution in [0.5, 0.6) is 0 Å². The maximum absolute atomic E-state index is 5.91. The molecule has 2 aromatic rings. The molecule has 2 aromatic heterocycles. The molecule has 0 aliphatic heterocycles. The highest BCUT2D eigenvalue weighted by Crippen LogP contribution is 2.23. The van der Waals surface area contributed by atoms with Gasteiger partial charge in [0.15, 0.2) is 0 Å². The number of hydrogen-bond acceptors (Lipinski definition) is 3. The second-order valence-corrected chi connectivity index (χ2v) is 11.4. The molecule has 16 heavy (non-hydrogen) atoms. The summed E-state index contributed by atoms with van der Waals surface area (Å²) in [7, 11) is -1.59. The van der Waals surface area contributed by atoms with Crippen molar-refractivity contribution < 1.29 is 0 Å². The third-order valence-corrected chi connectivity index (χ3v) is 12.6. The van der Waals surface area contributed by atoms with Crippen molar-refractivity contribution in [2.24, 2.45) is 5.73 Å². The van der Waals surface area contributed by atoms with E-state index in [1.165, 1.54) is 0 Å². The first kappa shape index (κ1) is 12.0. The molecule has 2 heterocycles. The van der Waals surface area contributed by atoms with Crippen molar-refractivity contribution in [1.29, 1.82) is 0 Å². The van der Waals surface area contributed by atoms with Gasteiger partial charge in [0.1, 0.15) is 8.07 Å². The Morgan fingerprint density at radius 1 is 1.19 bits per heavy atom. The summed E-state index contributed by atoms with van der Waals surface area (Å²) in [5.41, 5.74) is 6.50. The zero-order chi connectivity index (χ0) is 11.6. The molecule has 0 saturated heterocycles. The first-order valence-electron chi connectivity index (χ1n) is 5.47. The normalized spacial score (nSPS) is 13.9. The van der Waals surface area contributed by atoms with Crippen LogP contribution in [0.1, 0.15) is 6.92 Å². The minimum absolute atomic E-state index is 0.588. The van der Waals surface area contributed by atoms with E-state index in [0.29, 0.717) is 5.54 Å². The van der Waals surface area contributed by atoms with Crippen LogP contribution in [0.2, 0.25) is 12.1 Å². The zero-order valence-electron chi connectivity index (χ0n) is 9.64. The van der Waals surface area contributed by atoms with Gasteiger partial charge in [-0.15, -0.1) is 0 Å². The molecular weight excluding hydrogens is 250 g/mol. The smallest absolute Gasteiger partial charge is 0.144 e. The van der Waals surface area contributed by atoms with Gasteiger partial charge in [-0.25, -0.2) is 0 Å². The fraction of sp³-hybridized carbons (Fsp3) is 0.333. The summed E-state index contributed by atoms with van der Waals surface area (Å²) in [4.78, 5) is 0. The van der Waals surface area contributed by atoms with Crippen LogP contribution in [0.15, 0.2) is 35.0 Å². The van der Waals surface area contributed by atoms with Gasteiger partial charge in [0.2, 0.25) is 0 Å². The molecule has 86 valence electrons. The van der Waals surface area contributed by atoms with Crippen LogP contribution < -0.4 is 14.7 Å². The molecule has 0 fully saturated rings. The van der Waals surface area contributed by atoms with Crippen molar-refractivity contribution in [2.45, 2.75) is 19.0 Å². The average Bonchev–Trinajstić information content (AvgIpc) is 2.98. The lowest BCUT2D eigenvalue weighted by atomic mass is 10.5. The molecule has 1 unspecified atom stereocenters. The highest BCUT2D eigenvalue weighted by Gasteiger charge is 2.38. The number of rotatable bonds is 4. The van der Waals surface area contributed by atoms with Gasteiger partial charge in [-0.2, -0.15) is 22.7 Å². The predicted octanol–water partition coefficient (Wildman–Crippen LogP) is 2.35. The van der Waals surface area contributed by atoms with Crippen molar-refractivity contribution in [3.05, 3.63) is 35.0 Å². The van der Waals surface area contributed by atoms with Crippen LogP contribution >= 0.6 is 22.7 Å². The summed E-state index contributed by atoms with van der Waals surface area (Å²) >= 11 is 3.77. The number of nitrogens with two attached hydrogens (primary N) is 1. The van der Waals surface area contributed by atoms with Crippen molar-refractivity contribution in [3.63, 3.8) is 0 Å². The van der Waals surface area contributed by atoms with Crippen LogP contribution in [0, 0.1) is 0 Å². The van der Waals surface area contributed by atoms with Gasteiger partial charge in [0.05, 0.1) is 0 Å². The highest BCUT2D eigenvalue weighted by molar-refractivity contribution is 7.36. The van der Waals surface area contributed by atoms with Gasteiger partial charge in [0, 0.05) is 0 Å². The monoisotopic (exact) mass is 267 g/mol. The highest BCUT2D eigenvalue weighted by atomic mass is 32.1. The Balaban J connectivity index is 2.49. The predicted molar refractivity (Wildman–Crippen MR) is 78.0 cm³/mol. The Morgan fingerprint density at radius 3 is 2.00 bits per heavy atom. The lowest BCUT2D eigenvalue weighted by Crippen LogP contribution is -2.57. The molecule has 0 aliphatic rings. The minimum Gasteiger partial charge on any atom is -0.330 e. The Morgan fingerprint density at radius 2 is 1.69 bits per heavy atom. The first-order chi connectivity index (χ1) is 7.69. The van der Waals surface area contributed by atoms with E-state index in [2.05, 4.69) is 48.5 Å². The quantitative estimate of drug-likeness (QED) is 0.846. The molecule has 0 spiro atoms. The number of thiophene rings is 2. The zero-order valence-corrected chi connectivity index (χ0v) is 12.3. The SMILES string of the molecule is CC(CN)[Si](C)(c1cccs1)c1cccs1. The molecule has 0 aliphatic carbocycles. The summed E-state index contributed by atoms with van der Waals surface area (Å²) in [5.74, 6) is 0. The van der Waals surface area contributed by atoms with Crippen LogP contribution in [-0.4, -0.2) is 14.6 Å². The number of hydrogen-bond donors (Lipinski definition) is 1. The van der Waals surface area contributed by atoms with E-state index in [-0.39, 0.29) is 0 Å². The lowest BCUT2D eigenvalue weighted by molar-refractivity contribution is 0.899. The molecule has 1 nitrogen and oxygen atoms in total. The van der Waals surface area contributed by atoms with E-state index < -0.39 is 8.07 Å². The molecule has 4 heteroatoms. The van der Waals surface area contributed by atoms with E-state index in [0.717, 1.165) is 6.54 Å². The fourth-order valence-corrected chi connectivity index (χ4v) is 9.91. The van der Waals surface area contributed by atoms with E-state index in [9.17, 15) is 0 Å². The van der Waals surface area contributed by atoms with Gasteiger partial charge in [-0.05, 0) is 31.8 Å². The Hall–Kier alpha value is -0.423. The van der Waals surface area contributed by atoms with Gasteiger partial charge >= 0.3 is 0 Å². The molecule has 0 bridgehead atoms. The Bertz CT molecular complexity index is 388. The van der Waals surface area contributed by atoms with E-state index in [1.807, 2.05) is 22.7 Å². The van der Waals surface area contributed by atoms with Gasteiger partial charge in [0.25, 0.3) is 0 Å². The van der Waals surface area contributed by atoms with Crippen LogP contribution in [0.4, 0.5) is 0 Å². The maximum atomic E-state index is 5.91. The minimum atomic E-state index is -1.59. The van der Waals surface area contributed by atoms with Crippen LogP contribution in [-0.2, 0) is 0 Å². The molecular formula is C12H17NS2Si. The average molecular weight is 267 g/mol. The van der Waals surface area contributed by atoms with Gasteiger partial charge in [-0.3, -0.25) is 0 Å². The molecule has 2 rings (SSSR count). The van der Waals surface area contributed by atoms with Crippen molar-refractivity contribution >= 4 is 39.7 Å². The second kappa shape index (κ2) is 4.83. The summed E-state index contributed by atoms with van der Waals surface area (Å²) < 4.78 is 3.10. The van der Waals surface area contributed by atoms with E-state index in [1.54, 1.807) is 9.00 Å². The van der Waals surface area contributed by atoms with Gasteiger partial charge in [-0.1, -0.05) is 37.7 Å². The summed E-state index contributed by atoms with van der Waals surface area (Å²) in [6.45, 7) is 5.52. The summed E-state index contributed by atoms with van der Waals surface area (Å²) in [6.07, 6.45) is 0. The largest absolute Gasteiger partial charge is 0.330 e. The van der Waals surface area contributed by atoms with Crippen molar-refractivity contribution in [2.75, 3.05) is 6.54 Å². The summed E-state index contributed by atoms with van der Waals surface area (Å²) in [6, 6.07) is 8.87. The standard InChI is InChI=1S/C12H17NS2Si/c1-10(9-13)16(2,11-5-3-7-14-11)12-6-4-8-15-12/h3-8,10H,9,13H2,1-2H3. The molecule has 0 saturated carbocycles. The molecule has 0 radical (unpaired) electrons. The second-order valence-electron chi connectivity index (χ2n) is 4.29. The third kappa shape index (κ3) is 1.90. The molecule has 0 amide bonds. The summed E-state index contributed by atoms with van der Waals surface area (Å²) in [5, 5.41) is 4.36. The maximum Gasteiger partial charge on any atom is 0.144 e. The fourth-order valence-electron chi connectivity index (χ4n) is 1.99. The van der Waals surface area contributed by atoms with Crippen LogP contribution in [0.25, 0.3) is 0 Å². The first-order valence-corrected chi connectivity index (χ1v) is 9.81. The van der Waals surface area contributed by atoms with Crippen LogP contribution in [0.3, 0.4) is 0 Å². The molecule has 0 aromatic carbocycles. The molecule has 2 N–H and O–H groups in total. The Kier molecular flexibility index (Phi) is 3.64. The lowest BCUT2D eigenvalue weighted by Gasteiger charge is -2.31.